The minimum absolute atomic E-state index is 0.248. The Morgan fingerprint density at radius 3 is 2.47 bits per heavy atom. The van der Waals surface area contributed by atoms with Crippen LogP contribution in [0.2, 0.25) is 0 Å². The molecule has 0 aromatic heterocycles. The lowest BCUT2D eigenvalue weighted by Gasteiger charge is -2.14. The van der Waals surface area contributed by atoms with E-state index < -0.39 is 10.7 Å². The quantitative estimate of drug-likeness (QED) is 0.568. The largest absolute Gasteiger partial charge is 0.488 e. The lowest BCUT2D eigenvalue weighted by Crippen LogP contribution is -2.11. The molecule has 0 aliphatic heterocycles. The van der Waals surface area contributed by atoms with Crippen LogP contribution in [0.1, 0.15) is 0 Å². The first-order valence-electron chi connectivity index (χ1n) is 4.17. The number of benzene rings is 1. The van der Waals surface area contributed by atoms with Gasteiger partial charge in [-0.1, -0.05) is 0 Å². The Bertz CT molecular complexity index is 393. The summed E-state index contributed by atoms with van der Waals surface area (Å²) in [5.74, 6) is -1.07. The fourth-order valence-corrected chi connectivity index (χ4v) is 1.22. The van der Waals surface area contributed by atoms with Gasteiger partial charge in [-0.15, -0.1) is 0 Å². The molecule has 0 N–H and O–H groups in total. The predicted octanol–water partition coefficient (Wildman–Crippen LogP) is 1.81. The lowest BCUT2D eigenvalue weighted by atomic mass is 10.2. The summed E-state index contributed by atoms with van der Waals surface area (Å²) >= 11 is 0. The average molecular weight is 214 g/mol. The highest BCUT2D eigenvalue weighted by Gasteiger charge is 2.22. The van der Waals surface area contributed by atoms with E-state index in [9.17, 15) is 14.5 Å². The Labute approximate surface area is 86.2 Å². The predicted molar refractivity (Wildman–Crippen MR) is 53.9 cm³/mol. The second-order valence-electron chi connectivity index (χ2n) is 3.10. The number of halogens is 1. The van der Waals surface area contributed by atoms with Crippen molar-refractivity contribution in [3.63, 3.8) is 0 Å². The van der Waals surface area contributed by atoms with Crippen LogP contribution in [-0.2, 0) is 0 Å². The summed E-state index contributed by atoms with van der Waals surface area (Å²) < 4.78 is 18.4. The van der Waals surface area contributed by atoms with Crippen molar-refractivity contribution < 1.29 is 14.1 Å². The maximum absolute atomic E-state index is 13.7. The van der Waals surface area contributed by atoms with E-state index in [0.717, 1.165) is 0 Å². The second kappa shape index (κ2) is 4.12. The number of anilines is 1. The van der Waals surface area contributed by atoms with Gasteiger partial charge in [0.2, 0.25) is 5.75 Å². The van der Waals surface area contributed by atoms with E-state index in [1.165, 1.54) is 24.1 Å². The Hall–Kier alpha value is -1.85. The zero-order valence-corrected chi connectivity index (χ0v) is 8.65. The van der Waals surface area contributed by atoms with Crippen molar-refractivity contribution in [3.05, 3.63) is 28.1 Å². The number of rotatable bonds is 3. The van der Waals surface area contributed by atoms with Crippen LogP contribution in [0, 0.1) is 15.9 Å². The summed E-state index contributed by atoms with van der Waals surface area (Å²) in [5, 5.41) is 10.6. The third-order valence-corrected chi connectivity index (χ3v) is 1.94. The molecule has 0 saturated heterocycles. The molecule has 5 nitrogen and oxygen atoms in total. The highest BCUT2D eigenvalue weighted by Crippen LogP contribution is 2.34. The minimum atomic E-state index is -0.725. The van der Waals surface area contributed by atoms with Gasteiger partial charge >= 0.3 is 5.69 Å². The molecule has 0 heterocycles. The molecule has 1 rings (SSSR count). The highest BCUT2D eigenvalue weighted by molar-refractivity contribution is 5.60. The summed E-state index contributed by atoms with van der Waals surface area (Å²) in [6.07, 6.45) is 0. The third-order valence-electron chi connectivity index (χ3n) is 1.94. The molecule has 0 amide bonds. The molecule has 0 unspecified atom stereocenters. The number of nitro groups is 1. The number of hydrogen-bond acceptors (Lipinski definition) is 4. The maximum Gasteiger partial charge on any atom is 0.314 e. The molecule has 82 valence electrons. The Kier molecular flexibility index (Phi) is 3.08. The normalized spacial score (nSPS) is 9.87. The van der Waals surface area contributed by atoms with Gasteiger partial charge in [0.1, 0.15) is 0 Å². The summed E-state index contributed by atoms with van der Waals surface area (Å²) in [4.78, 5) is 11.4. The molecule has 0 bridgehead atoms. The van der Waals surface area contributed by atoms with Crippen molar-refractivity contribution in [2.45, 2.75) is 0 Å². The Morgan fingerprint density at radius 2 is 2.07 bits per heavy atom. The molecule has 0 spiro atoms. The van der Waals surface area contributed by atoms with Gasteiger partial charge in [-0.2, -0.15) is 0 Å². The third kappa shape index (κ3) is 1.98. The van der Waals surface area contributed by atoms with E-state index in [0.29, 0.717) is 0 Å². The molecular formula is C9H11FN2O3. The van der Waals surface area contributed by atoms with Gasteiger partial charge in [0, 0.05) is 20.2 Å². The van der Waals surface area contributed by atoms with Gasteiger partial charge in [-0.3, -0.25) is 10.1 Å². The topological polar surface area (TPSA) is 55.6 Å². The van der Waals surface area contributed by atoms with E-state index in [-0.39, 0.29) is 17.1 Å². The van der Waals surface area contributed by atoms with Crippen LogP contribution in [-0.4, -0.2) is 26.1 Å². The van der Waals surface area contributed by atoms with Crippen LogP contribution < -0.4 is 9.64 Å². The van der Waals surface area contributed by atoms with Crippen LogP contribution in [0.3, 0.4) is 0 Å². The minimum Gasteiger partial charge on any atom is -0.488 e. The fraction of sp³-hybridized carbons (Fsp3) is 0.333. The summed E-state index contributed by atoms with van der Waals surface area (Å²) in [7, 11) is 4.48. The van der Waals surface area contributed by atoms with Crippen molar-refractivity contribution in [1.82, 2.24) is 0 Å². The first kappa shape index (κ1) is 11.2. The number of nitro benzene ring substituents is 1. The summed E-state index contributed by atoms with van der Waals surface area (Å²) in [6.45, 7) is 0. The van der Waals surface area contributed by atoms with Gasteiger partial charge in [-0.05, 0) is 6.07 Å². The van der Waals surface area contributed by atoms with Crippen molar-refractivity contribution in [3.8, 4) is 5.75 Å². The van der Waals surface area contributed by atoms with Crippen LogP contribution in [0.5, 0.6) is 5.75 Å². The van der Waals surface area contributed by atoms with Crippen LogP contribution in [0.15, 0.2) is 12.1 Å². The molecular weight excluding hydrogens is 203 g/mol. The average Bonchev–Trinajstić information content (AvgIpc) is 2.16. The fourth-order valence-electron chi connectivity index (χ4n) is 1.22. The Morgan fingerprint density at radius 1 is 1.47 bits per heavy atom. The SMILES string of the molecule is COc1c([N+](=O)[O-])ccc(N(C)C)c1F. The van der Waals surface area contributed by atoms with Crippen LogP contribution in [0.25, 0.3) is 0 Å². The molecule has 0 atom stereocenters. The molecule has 0 fully saturated rings. The van der Waals surface area contributed by atoms with Crippen molar-refractivity contribution in [2.24, 2.45) is 0 Å². The monoisotopic (exact) mass is 214 g/mol. The maximum atomic E-state index is 13.7. The number of nitrogens with zero attached hydrogens (tertiary/aromatic N) is 2. The molecule has 1 aromatic carbocycles. The summed E-state index contributed by atoms with van der Waals surface area (Å²) in [6, 6.07) is 2.56. The van der Waals surface area contributed by atoms with E-state index in [2.05, 4.69) is 4.74 Å². The molecule has 0 saturated carbocycles. The van der Waals surface area contributed by atoms with Gasteiger partial charge in [0.25, 0.3) is 0 Å². The van der Waals surface area contributed by atoms with Crippen LogP contribution >= 0.6 is 0 Å². The zero-order chi connectivity index (χ0) is 11.6. The van der Waals surface area contributed by atoms with Crippen molar-refractivity contribution in [2.75, 3.05) is 26.1 Å². The smallest absolute Gasteiger partial charge is 0.314 e. The molecule has 1 aromatic rings. The van der Waals surface area contributed by atoms with E-state index in [1.807, 2.05) is 0 Å². The van der Waals surface area contributed by atoms with Crippen LogP contribution in [0.4, 0.5) is 15.8 Å². The Balaban J connectivity index is 3.39. The second-order valence-corrected chi connectivity index (χ2v) is 3.10. The molecule has 15 heavy (non-hydrogen) atoms. The van der Waals surface area contributed by atoms with Crippen molar-refractivity contribution >= 4 is 11.4 Å². The number of hydrogen-bond donors (Lipinski definition) is 0. The highest BCUT2D eigenvalue weighted by atomic mass is 19.1. The van der Waals surface area contributed by atoms with E-state index >= 15 is 0 Å². The van der Waals surface area contributed by atoms with E-state index in [4.69, 9.17) is 0 Å². The first-order valence-corrected chi connectivity index (χ1v) is 4.17. The molecule has 6 heteroatoms. The zero-order valence-electron chi connectivity index (χ0n) is 8.65. The van der Waals surface area contributed by atoms with E-state index in [1.54, 1.807) is 14.1 Å². The number of methoxy groups -OCH3 is 1. The van der Waals surface area contributed by atoms with Gasteiger partial charge in [-0.25, -0.2) is 4.39 Å². The number of ether oxygens (including phenoxy) is 1. The lowest BCUT2D eigenvalue weighted by molar-refractivity contribution is -0.386. The molecule has 0 radical (unpaired) electrons. The summed E-state index contributed by atoms with van der Waals surface area (Å²) in [5.41, 5.74) is -0.127. The van der Waals surface area contributed by atoms with Crippen molar-refractivity contribution in [1.29, 1.82) is 0 Å². The van der Waals surface area contributed by atoms with Gasteiger partial charge in [0.05, 0.1) is 17.7 Å². The molecule has 0 aliphatic carbocycles. The van der Waals surface area contributed by atoms with Gasteiger partial charge < -0.3 is 9.64 Å². The van der Waals surface area contributed by atoms with Gasteiger partial charge in [0.15, 0.2) is 5.82 Å². The molecule has 0 aliphatic rings. The first-order chi connectivity index (χ1) is 6.99. The standard InChI is InChI=1S/C9H11FN2O3/c1-11(2)6-4-5-7(12(13)14)9(15-3)8(6)10/h4-5H,1-3H3.